The van der Waals surface area contributed by atoms with Gasteiger partial charge in [0.15, 0.2) is 0 Å². The Labute approximate surface area is 203 Å². The molecule has 2 amide bonds. The molecule has 0 fully saturated rings. The Hall–Kier alpha value is -4.05. The quantitative estimate of drug-likeness (QED) is 0.345. The van der Waals surface area contributed by atoms with Crippen molar-refractivity contribution in [2.75, 3.05) is 6.54 Å². The second-order valence-corrected chi connectivity index (χ2v) is 9.36. The van der Waals surface area contributed by atoms with E-state index in [1.807, 2.05) is 35.1 Å². The Morgan fingerprint density at radius 1 is 0.914 bits per heavy atom. The fraction of sp³-hybridized carbons (Fsp3) is 0.200. The van der Waals surface area contributed by atoms with Crippen LogP contribution in [0.2, 0.25) is 0 Å². The van der Waals surface area contributed by atoms with Gasteiger partial charge in [-0.25, -0.2) is 18.1 Å². The predicted molar refractivity (Wildman–Crippen MR) is 128 cm³/mol. The minimum Gasteiger partial charge on any atom is -0.408 e. The van der Waals surface area contributed by atoms with Gasteiger partial charge in [-0.2, -0.15) is 0 Å². The lowest BCUT2D eigenvalue weighted by molar-refractivity contribution is -0.132. The van der Waals surface area contributed by atoms with Crippen LogP contribution in [0.25, 0.3) is 0 Å². The molecule has 0 aliphatic rings. The van der Waals surface area contributed by atoms with Crippen molar-refractivity contribution >= 4 is 27.8 Å². The lowest BCUT2D eigenvalue weighted by Gasteiger charge is -2.10. The summed E-state index contributed by atoms with van der Waals surface area (Å²) in [6.07, 6.45) is 1.60. The molecule has 3 rings (SSSR count). The lowest BCUT2D eigenvalue weighted by Crippen LogP contribution is -2.31. The van der Waals surface area contributed by atoms with Crippen LogP contribution >= 0.6 is 0 Å². The first-order valence-corrected chi connectivity index (χ1v) is 12.3. The topological polar surface area (TPSA) is 132 Å². The van der Waals surface area contributed by atoms with Crippen LogP contribution in [0.3, 0.4) is 0 Å². The highest BCUT2D eigenvalue weighted by atomic mass is 32.2. The van der Waals surface area contributed by atoms with E-state index in [0.717, 1.165) is 12.8 Å². The number of rotatable bonds is 9. The standard InChI is InChI=1S/C25H25N3O6S/c1-17-22(14-15-23(27-17)34-18(2)29)25(31)28-35(32,33)21-12-10-20(11-13-21)24(30)26-16-6-9-19-7-4-3-5-8-19/h3-5,7-8,10-15H,6,9,16H2,1-2H3,(H,26,30)(H,28,31). The second kappa shape index (κ2) is 11.4. The van der Waals surface area contributed by atoms with Gasteiger partial charge in [-0.05, 0) is 55.7 Å². The van der Waals surface area contributed by atoms with E-state index in [0.29, 0.717) is 12.1 Å². The molecule has 0 aliphatic carbocycles. The van der Waals surface area contributed by atoms with Crippen molar-refractivity contribution in [3.63, 3.8) is 0 Å². The molecule has 0 radical (unpaired) electrons. The van der Waals surface area contributed by atoms with Gasteiger partial charge < -0.3 is 10.1 Å². The van der Waals surface area contributed by atoms with Gasteiger partial charge in [0.25, 0.3) is 21.8 Å². The van der Waals surface area contributed by atoms with E-state index in [1.165, 1.54) is 55.8 Å². The van der Waals surface area contributed by atoms with Crippen molar-refractivity contribution in [3.8, 4) is 5.88 Å². The Kier molecular flexibility index (Phi) is 8.32. The zero-order valence-electron chi connectivity index (χ0n) is 19.3. The number of amides is 2. The van der Waals surface area contributed by atoms with Crippen LogP contribution in [0.15, 0.2) is 71.6 Å². The van der Waals surface area contributed by atoms with Gasteiger partial charge in [0.2, 0.25) is 5.88 Å². The van der Waals surface area contributed by atoms with Crippen LogP contribution in [0.4, 0.5) is 0 Å². The number of pyridine rings is 1. The summed E-state index contributed by atoms with van der Waals surface area (Å²) < 4.78 is 32.1. The first kappa shape index (κ1) is 25.6. The van der Waals surface area contributed by atoms with Gasteiger partial charge in [0.1, 0.15) is 0 Å². The normalized spacial score (nSPS) is 10.9. The molecule has 0 aliphatic heterocycles. The van der Waals surface area contributed by atoms with E-state index in [9.17, 15) is 22.8 Å². The van der Waals surface area contributed by atoms with Gasteiger partial charge in [-0.1, -0.05) is 30.3 Å². The number of hydrogen-bond acceptors (Lipinski definition) is 7. The zero-order valence-corrected chi connectivity index (χ0v) is 20.1. The van der Waals surface area contributed by atoms with E-state index in [4.69, 9.17) is 4.74 Å². The molecular formula is C25H25N3O6S. The highest BCUT2D eigenvalue weighted by Gasteiger charge is 2.21. The number of nitrogens with one attached hydrogen (secondary N) is 2. The summed E-state index contributed by atoms with van der Waals surface area (Å²) >= 11 is 0. The van der Waals surface area contributed by atoms with Gasteiger partial charge >= 0.3 is 5.97 Å². The molecule has 1 heterocycles. The monoisotopic (exact) mass is 495 g/mol. The molecule has 0 bridgehead atoms. The fourth-order valence-electron chi connectivity index (χ4n) is 3.24. The van der Waals surface area contributed by atoms with Gasteiger partial charge in [0, 0.05) is 25.1 Å². The number of carbonyl (C=O) groups excluding carboxylic acids is 3. The Morgan fingerprint density at radius 3 is 2.23 bits per heavy atom. The number of esters is 1. The first-order chi connectivity index (χ1) is 16.7. The predicted octanol–water partition coefficient (Wildman–Crippen LogP) is 2.80. The maximum absolute atomic E-state index is 12.6. The SMILES string of the molecule is CC(=O)Oc1ccc(C(=O)NS(=O)(=O)c2ccc(C(=O)NCCCc3ccccc3)cc2)c(C)n1. The van der Waals surface area contributed by atoms with Crippen molar-refractivity contribution in [2.24, 2.45) is 0 Å². The summed E-state index contributed by atoms with van der Waals surface area (Å²) in [5, 5.41) is 2.81. The maximum atomic E-state index is 12.6. The molecule has 10 heteroatoms. The Bertz CT molecular complexity index is 1320. The van der Waals surface area contributed by atoms with Crippen molar-refractivity contribution in [1.82, 2.24) is 15.0 Å². The summed E-state index contributed by atoms with van der Waals surface area (Å²) in [6, 6.07) is 17.8. The smallest absolute Gasteiger partial charge is 0.309 e. The zero-order chi connectivity index (χ0) is 25.4. The van der Waals surface area contributed by atoms with Crippen LogP contribution in [-0.4, -0.2) is 37.7 Å². The van der Waals surface area contributed by atoms with E-state index < -0.39 is 21.9 Å². The van der Waals surface area contributed by atoms with Crippen LogP contribution in [0.5, 0.6) is 5.88 Å². The lowest BCUT2D eigenvalue weighted by atomic mass is 10.1. The van der Waals surface area contributed by atoms with Crippen molar-refractivity contribution in [1.29, 1.82) is 0 Å². The Morgan fingerprint density at radius 2 is 1.60 bits per heavy atom. The number of aromatic nitrogens is 1. The molecule has 0 saturated heterocycles. The minimum absolute atomic E-state index is 0.00309. The molecular weight excluding hydrogens is 470 g/mol. The molecule has 0 saturated carbocycles. The third kappa shape index (κ3) is 7.21. The summed E-state index contributed by atoms with van der Waals surface area (Å²) in [5.41, 5.74) is 1.69. The average Bonchev–Trinajstić information content (AvgIpc) is 2.82. The summed E-state index contributed by atoms with van der Waals surface area (Å²) in [4.78, 5) is 39.7. The number of nitrogens with zero attached hydrogens (tertiary/aromatic N) is 1. The number of ether oxygens (including phenoxy) is 1. The largest absolute Gasteiger partial charge is 0.408 e. The number of carbonyl (C=O) groups is 3. The summed E-state index contributed by atoms with van der Waals surface area (Å²) in [7, 11) is -4.19. The molecule has 3 aromatic rings. The molecule has 9 nitrogen and oxygen atoms in total. The maximum Gasteiger partial charge on any atom is 0.309 e. The van der Waals surface area contributed by atoms with Gasteiger partial charge in [0.05, 0.1) is 16.2 Å². The van der Waals surface area contributed by atoms with E-state index in [1.54, 1.807) is 0 Å². The van der Waals surface area contributed by atoms with Gasteiger partial charge in [-0.15, -0.1) is 0 Å². The molecule has 0 unspecified atom stereocenters. The second-order valence-electron chi connectivity index (χ2n) is 7.68. The number of sulfonamides is 1. The van der Waals surface area contributed by atoms with Crippen LogP contribution in [0, 0.1) is 6.92 Å². The molecule has 0 spiro atoms. The molecule has 2 N–H and O–H groups in total. The molecule has 2 aromatic carbocycles. The van der Waals surface area contributed by atoms with Crippen LogP contribution < -0.4 is 14.8 Å². The van der Waals surface area contributed by atoms with Gasteiger partial charge in [-0.3, -0.25) is 14.4 Å². The van der Waals surface area contributed by atoms with Crippen molar-refractivity contribution in [3.05, 3.63) is 89.1 Å². The first-order valence-electron chi connectivity index (χ1n) is 10.8. The van der Waals surface area contributed by atoms with Crippen LogP contribution in [0.1, 0.15) is 45.3 Å². The third-order valence-electron chi connectivity index (χ3n) is 4.98. The Balaban J connectivity index is 1.58. The highest BCUT2D eigenvalue weighted by molar-refractivity contribution is 7.90. The summed E-state index contributed by atoms with van der Waals surface area (Å²) in [6.45, 7) is 3.18. The number of aryl methyl sites for hydroxylation is 2. The number of hydrogen-bond donors (Lipinski definition) is 2. The fourth-order valence-corrected chi connectivity index (χ4v) is 4.21. The van der Waals surface area contributed by atoms with E-state index in [-0.39, 0.29) is 27.9 Å². The number of benzene rings is 2. The highest BCUT2D eigenvalue weighted by Crippen LogP contribution is 2.15. The molecule has 0 atom stereocenters. The van der Waals surface area contributed by atoms with Crippen molar-refractivity contribution < 1.29 is 27.5 Å². The molecule has 35 heavy (non-hydrogen) atoms. The summed E-state index contributed by atoms with van der Waals surface area (Å²) in [5.74, 6) is -1.77. The van der Waals surface area contributed by atoms with E-state index in [2.05, 4.69) is 10.3 Å². The van der Waals surface area contributed by atoms with Crippen LogP contribution in [-0.2, 0) is 21.2 Å². The van der Waals surface area contributed by atoms with Crippen molar-refractivity contribution in [2.45, 2.75) is 31.6 Å². The average molecular weight is 496 g/mol. The third-order valence-corrected chi connectivity index (χ3v) is 6.32. The van der Waals surface area contributed by atoms with E-state index >= 15 is 0 Å². The minimum atomic E-state index is -4.19. The molecule has 1 aromatic heterocycles. The molecule has 182 valence electrons.